The lowest BCUT2D eigenvalue weighted by atomic mass is 10.2. The number of H-pyrrole nitrogens is 1. The summed E-state index contributed by atoms with van der Waals surface area (Å²) in [5, 5.41) is 15.8. The topological polar surface area (TPSA) is 61.7 Å². The van der Waals surface area contributed by atoms with Crippen LogP contribution >= 0.6 is 11.6 Å². The average molecular weight is 234 g/mol. The maximum atomic E-state index is 8.68. The summed E-state index contributed by atoms with van der Waals surface area (Å²) < 4.78 is 5.45. The quantitative estimate of drug-likeness (QED) is 0.867. The van der Waals surface area contributed by atoms with Crippen LogP contribution in [0.3, 0.4) is 0 Å². The van der Waals surface area contributed by atoms with Crippen LogP contribution < -0.4 is 4.74 Å². The third-order valence-corrected chi connectivity index (χ3v) is 2.25. The van der Waals surface area contributed by atoms with Crippen LogP contribution in [0.25, 0.3) is 0 Å². The van der Waals surface area contributed by atoms with E-state index >= 15 is 0 Å². The Morgan fingerprint density at radius 3 is 2.81 bits per heavy atom. The average Bonchev–Trinajstić information content (AvgIpc) is 2.67. The fraction of sp³-hybridized carbons (Fsp3) is 0.0909. The molecule has 80 valence electrons. The zero-order valence-corrected chi connectivity index (χ0v) is 9.25. The van der Waals surface area contributed by atoms with Crippen LogP contribution in [0, 0.1) is 18.3 Å². The van der Waals surface area contributed by atoms with Gasteiger partial charge in [0.2, 0.25) is 5.88 Å². The van der Waals surface area contributed by atoms with E-state index in [2.05, 4.69) is 10.2 Å². The monoisotopic (exact) mass is 233 g/mol. The van der Waals surface area contributed by atoms with Crippen molar-refractivity contribution >= 4 is 11.6 Å². The molecule has 1 aromatic heterocycles. The second-order valence-electron chi connectivity index (χ2n) is 3.25. The Balaban J connectivity index is 2.26. The zero-order chi connectivity index (χ0) is 11.5. The minimum atomic E-state index is 0.389. The van der Waals surface area contributed by atoms with Gasteiger partial charge in [-0.3, -0.25) is 5.10 Å². The van der Waals surface area contributed by atoms with Gasteiger partial charge in [0.15, 0.2) is 0 Å². The summed E-state index contributed by atoms with van der Waals surface area (Å²) >= 11 is 5.95. The standard InChI is InChI=1S/C11H8ClN3O/c1-7-4-11(15-14-7)16-10-3-2-8(6-13)5-9(10)12/h2-5H,1H3,(H,14,15). The Labute approximate surface area is 97.4 Å². The number of halogens is 1. The Kier molecular flexibility index (Phi) is 2.80. The van der Waals surface area contributed by atoms with Crippen LogP contribution in [0.4, 0.5) is 0 Å². The molecule has 0 aliphatic heterocycles. The number of aryl methyl sites for hydroxylation is 1. The molecule has 16 heavy (non-hydrogen) atoms. The molecule has 1 N–H and O–H groups in total. The number of ether oxygens (including phenoxy) is 1. The van der Waals surface area contributed by atoms with E-state index < -0.39 is 0 Å². The van der Waals surface area contributed by atoms with E-state index in [1.807, 2.05) is 13.0 Å². The van der Waals surface area contributed by atoms with Gasteiger partial charge in [0.25, 0.3) is 0 Å². The van der Waals surface area contributed by atoms with E-state index in [1.165, 1.54) is 0 Å². The highest BCUT2D eigenvalue weighted by molar-refractivity contribution is 6.32. The number of aromatic nitrogens is 2. The fourth-order valence-corrected chi connectivity index (χ4v) is 1.43. The SMILES string of the molecule is Cc1cc(Oc2ccc(C#N)cc2Cl)n[nH]1. The summed E-state index contributed by atoms with van der Waals surface area (Å²) in [5.41, 5.74) is 1.40. The van der Waals surface area contributed by atoms with Crippen LogP contribution in [0.15, 0.2) is 24.3 Å². The molecule has 0 aliphatic rings. The van der Waals surface area contributed by atoms with E-state index in [9.17, 15) is 0 Å². The van der Waals surface area contributed by atoms with Crippen LogP contribution in [-0.4, -0.2) is 10.2 Å². The van der Waals surface area contributed by atoms with Crippen LogP contribution in [-0.2, 0) is 0 Å². The number of hydrogen-bond donors (Lipinski definition) is 1. The van der Waals surface area contributed by atoms with Crippen molar-refractivity contribution in [3.05, 3.63) is 40.5 Å². The van der Waals surface area contributed by atoms with Crippen molar-refractivity contribution in [1.82, 2.24) is 10.2 Å². The van der Waals surface area contributed by atoms with Crippen LogP contribution in [0.1, 0.15) is 11.3 Å². The molecule has 0 saturated heterocycles. The third kappa shape index (κ3) is 2.15. The van der Waals surface area contributed by atoms with Crippen molar-refractivity contribution in [2.24, 2.45) is 0 Å². The minimum Gasteiger partial charge on any atom is -0.436 e. The smallest absolute Gasteiger partial charge is 0.238 e. The first-order chi connectivity index (χ1) is 7.69. The first-order valence-electron chi connectivity index (χ1n) is 4.58. The molecule has 0 aliphatic carbocycles. The molecule has 1 heterocycles. The number of nitriles is 1. The van der Waals surface area contributed by atoms with Crippen LogP contribution in [0.5, 0.6) is 11.6 Å². The molecule has 2 aromatic rings. The molecule has 0 radical (unpaired) electrons. The van der Waals surface area contributed by atoms with E-state index in [-0.39, 0.29) is 0 Å². The highest BCUT2D eigenvalue weighted by atomic mass is 35.5. The summed E-state index contributed by atoms with van der Waals surface area (Å²) in [7, 11) is 0. The molecule has 2 rings (SSSR count). The van der Waals surface area contributed by atoms with E-state index in [0.29, 0.717) is 22.2 Å². The van der Waals surface area contributed by atoms with E-state index in [4.69, 9.17) is 21.6 Å². The summed E-state index contributed by atoms with van der Waals surface area (Å²) in [5.74, 6) is 0.927. The lowest BCUT2D eigenvalue weighted by molar-refractivity contribution is 0.462. The largest absolute Gasteiger partial charge is 0.436 e. The van der Waals surface area contributed by atoms with Crippen molar-refractivity contribution in [1.29, 1.82) is 5.26 Å². The van der Waals surface area contributed by atoms with Crippen molar-refractivity contribution in [2.75, 3.05) is 0 Å². The van der Waals surface area contributed by atoms with Gasteiger partial charge in [-0.25, -0.2) is 0 Å². The number of benzene rings is 1. The van der Waals surface area contributed by atoms with Gasteiger partial charge in [0.1, 0.15) is 5.75 Å². The lowest BCUT2D eigenvalue weighted by Crippen LogP contribution is -1.86. The predicted octanol–water partition coefficient (Wildman–Crippen LogP) is 3.04. The maximum Gasteiger partial charge on any atom is 0.238 e. The van der Waals surface area contributed by atoms with Crippen molar-refractivity contribution in [3.8, 4) is 17.7 Å². The maximum absolute atomic E-state index is 8.68. The highest BCUT2D eigenvalue weighted by Gasteiger charge is 2.06. The number of nitrogens with one attached hydrogen (secondary N) is 1. The van der Waals surface area contributed by atoms with E-state index in [0.717, 1.165) is 5.69 Å². The molecule has 0 amide bonds. The summed E-state index contributed by atoms with van der Waals surface area (Å²) in [4.78, 5) is 0. The van der Waals surface area contributed by atoms with Gasteiger partial charge in [-0.15, -0.1) is 5.10 Å². The zero-order valence-electron chi connectivity index (χ0n) is 8.49. The Morgan fingerprint density at radius 1 is 1.44 bits per heavy atom. The Bertz CT molecular complexity index is 557. The van der Waals surface area contributed by atoms with Gasteiger partial charge in [-0.2, -0.15) is 5.26 Å². The van der Waals surface area contributed by atoms with Crippen molar-refractivity contribution in [3.63, 3.8) is 0 Å². The number of hydrogen-bond acceptors (Lipinski definition) is 3. The van der Waals surface area contributed by atoms with Crippen molar-refractivity contribution < 1.29 is 4.74 Å². The van der Waals surface area contributed by atoms with Crippen molar-refractivity contribution in [2.45, 2.75) is 6.92 Å². The summed E-state index contributed by atoms with van der Waals surface area (Å²) in [6, 6.07) is 8.59. The first-order valence-corrected chi connectivity index (χ1v) is 4.96. The molecule has 0 fully saturated rings. The molecule has 0 bridgehead atoms. The summed E-state index contributed by atoms with van der Waals surface area (Å²) in [6.45, 7) is 1.88. The van der Waals surface area contributed by atoms with Gasteiger partial charge >= 0.3 is 0 Å². The Morgan fingerprint density at radius 2 is 2.25 bits per heavy atom. The number of rotatable bonds is 2. The molecule has 4 nitrogen and oxygen atoms in total. The van der Waals surface area contributed by atoms with Crippen LogP contribution in [0.2, 0.25) is 5.02 Å². The number of nitrogens with zero attached hydrogens (tertiary/aromatic N) is 2. The molecular weight excluding hydrogens is 226 g/mol. The third-order valence-electron chi connectivity index (χ3n) is 1.96. The van der Waals surface area contributed by atoms with E-state index in [1.54, 1.807) is 24.3 Å². The molecule has 5 heteroatoms. The molecular formula is C11H8ClN3O. The van der Waals surface area contributed by atoms with Gasteiger partial charge in [0, 0.05) is 11.8 Å². The predicted molar refractivity (Wildman–Crippen MR) is 59.6 cm³/mol. The molecule has 1 aromatic carbocycles. The molecule has 0 spiro atoms. The van der Waals surface area contributed by atoms with Gasteiger partial charge in [0.05, 0.1) is 16.7 Å². The summed E-state index contributed by atoms with van der Waals surface area (Å²) in [6.07, 6.45) is 0. The minimum absolute atomic E-state index is 0.389. The number of aromatic amines is 1. The second-order valence-corrected chi connectivity index (χ2v) is 3.66. The lowest BCUT2D eigenvalue weighted by Gasteiger charge is -2.03. The van der Waals surface area contributed by atoms with Gasteiger partial charge < -0.3 is 4.74 Å². The second kappa shape index (κ2) is 4.25. The Hall–Kier alpha value is -1.99. The molecule has 0 saturated carbocycles. The molecule has 0 unspecified atom stereocenters. The molecule has 0 atom stereocenters. The van der Waals surface area contributed by atoms with Gasteiger partial charge in [-0.1, -0.05) is 11.6 Å². The highest BCUT2D eigenvalue weighted by Crippen LogP contribution is 2.29. The normalized spacial score (nSPS) is 9.81. The fourth-order valence-electron chi connectivity index (χ4n) is 1.21. The first kappa shape index (κ1) is 10.5. The van der Waals surface area contributed by atoms with Gasteiger partial charge in [-0.05, 0) is 25.1 Å².